The first-order chi connectivity index (χ1) is 20.2. The van der Waals surface area contributed by atoms with Gasteiger partial charge in [0.1, 0.15) is 11.1 Å². The summed E-state index contributed by atoms with van der Waals surface area (Å²) in [5.41, 5.74) is 2.12. The molecule has 1 heterocycles. The summed E-state index contributed by atoms with van der Waals surface area (Å²) in [6.07, 6.45) is 1.78. The summed E-state index contributed by atoms with van der Waals surface area (Å²) in [4.78, 5) is 17.3. The van der Waals surface area contributed by atoms with Crippen LogP contribution in [0, 0.1) is 5.92 Å². The van der Waals surface area contributed by atoms with Gasteiger partial charge in [-0.1, -0.05) is 122 Å². The Labute approximate surface area is 252 Å². The largest absolute Gasteiger partial charge is 0.400 e. The Balaban J connectivity index is 0.00000198. The van der Waals surface area contributed by atoms with E-state index in [9.17, 15) is 4.21 Å². The molecule has 4 aromatic rings. The monoisotopic (exact) mass is 580 g/mol. The first kappa shape index (κ1) is 31.1. The number of amides is 1. The molecule has 42 heavy (non-hydrogen) atoms. The first-order valence-electron chi connectivity index (χ1n) is 14.1. The number of benzene rings is 4. The Morgan fingerprint density at radius 2 is 1.19 bits per heavy atom. The van der Waals surface area contributed by atoms with E-state index < -0.39 is 26.8 Å². The van der Waals surface area contributed by atoms with Gasteiger partial charge in [-0.2, -0.15) is 0 Å². The second-order valence-corrected chi connectivity index (χ2v) is 13.2. The highest BCUT2D eigenvalue weighted by Crippen LogP contribution is 2.54. The minimum atomic E-state index is -1.54. The quantitative estimate of drug-likeness (QED) is 0.180. The van der Waals surface area contributed by atoms with E-state index in [0.717, 1.165) is 35.1 Å². The number of anilines is 1. The second-order valence-electron chi connectivity index (χ2n) is 11.3. The molecule has 0 spiro atoms. The molecule has 0 saturated carbocycles. The van der Waals surface area contributed by atoms with Crippen LogP contribution in [0.1, 0.15) is 49.9 Å². The van der Waals surface area contributed by atoms with E-state index in [1.165, 1.54) is 0 Å². The molecule has 0 unspecified atom stereocenters. The summed E-state index contributed by atoms with van der Waals surface area (Å²) >= 11 is 0. The molecule has 3 atom stereocenters. The Kier molecular flexibility index (Phi) is 9.31. The van der Waals surface area contributed by atoms with E-state index in [1.807, 2.05) is 111 Å². The molecule has 1 aliphatic rings. The van der Waals surface area contributed by atoms with Gasteiger partial charge in [0.25, 0.3) is 5.91 Å². The van der Waals surface area contributed by atoms with E-state index in [2.05, 4.69) is 47.7 Å². The molecule has 218 valence electrons. The van der Waals surface area contributed by atoms with Gasteiger partial charge in [-0.05, 0) is 43.5 Å². The zero-order valence-electron chi connectivity index (χ0n) is 25.0. The smallest absolute Gasteiger partial charge is 0.254 e. The van der Waals surface area contributed by atoms with Crippen molar-refractivity contribution in [2.24, 2.45) is 5.92 Å². The first-order valence-corrected chi connectivity index (χ1v) is 15.2. The molecule has 5 rings (SSSR count). The van der Waals surface area contributed by atoms with Crippen molar-refractivity contribution in [3.63, 3.8) is 0 Å². The number of aliphatic hydroxyl groups is 1. The van der Waals surface area contributed by atoms with Crippen LogP contribution < -0.4 is 9.62 Å². The number of para-hydroxylation sites is 1. The lowest BCUT2D eigenvalue weighted by atomic mass is 9.75. The van der Waals surface area contributed by atoms with Gasteiger partial charge in [-0.25, -0.2) is 8.93 Å². The van der Waals surface area contributed by atoms with E-state index in [0.29, 0.717) is 0 Å². The van der Waals surface area contributed by atoms with Gasteiger partial charge in [-0.15, -0.1) is 6.58 Å². The van der Waals surface area contributed by atoms with Crippen molar-refractivity contribution in [2.45, 2.75) is 43.5 Å². The molecule has 0 fully saturated rings. The van der Waals surface area contributed by atoms with Crippen molar-refractivity contribution in [3.05, 3.63) is 150 Å². The van der Waals surface area contributed by atoms with Crippen molar-refractivity contribution in [2.75, 3.05) is 12.0 Å². The average molecular weight is 581 g/mol. The normalized spacial score (nSPS) is 18.0. The highest BCUT2D eigenvalue weighted by molar-refractivity contribution is 7.84. The Bertz CT molecular complexity index is 1440. The zero-order chi connectivity index (χ0) is 30.5. The fraction of sp³-hybridized carbons (Fsp3) is 0.250. The van der Waals surface area contributed by atoms with Gasteiger partial charge in [0.2, 0.25) is 0 Å². The number of carbonyl (C=O) groups excluding carboxylic acids is 1. The summed E-state index contributed by atoms with van der Waals surface area (Å²) in [7, 11) is -0.537. The van der Waals surface area contributed by atoms with Crippen LogP contribution >= 0.6 is 0 Å². The SMILES string of the molecule is C=C[C@H](C)[C@@]1(N[S@](=O)C(C)(C)C)C(=O)N(C(c2ccccc2)(c2ccccc2)c2ccccc2)c2ccccc21.CO. The van der Waals surface area contributed by atoms with Crippen LogP contribution in [0.3, 0.4) is 0 Å². The van der Waals surface area contributed by atoms with Gasteiger partial charge in [0.05, 0.1) is 21.4 Å². The highest BCUT2D eigenvalue weighted by Gasteiger charge is 2.61. The third-order valence-corrected chi connectivity index (χ3v) is 9.49. The molecule has 0 bridgehead atoms. The summed E-state index contributed by atoms with van der Waals surface area (Å²) in [5, 5.41) is 7.00. The van der Waals surface area contributed by atoms with Gasteiger partial charge < -0.3 is 5.11 Å². The lowest BCUT2D eigenvalue weighted by Gasteiger charge is -2.45. The van der Waals surface area contributed by atoms with Crippen molar-refractivity contribution in [1.82, 2.24) is 4.72 Å². The van der Waals surface area contributed by atoms with Crippen LogP contribution in [0.15, 0.2) is 128 Å². The minimum Gasteiger partial charge on any atom is -0.400 e. The topological polar surface area (TPSA) is 69.6 Å². The minimum absolute atomic E-state index is 0.171. The third-order valence-electron chi connectivity index (χ3n) is 7.87. The molecule has 5 nitrogen and oxygen atoms in total. The maximum absolute atomic E-state index is 15.4. The summed E-state index contributed by atoms with van der Waals surface area (Å²) in [6, 6.07) is 38.4. The Morgan fingerprint density at radius 3 is 1.60 bits per heavy atom. The van der Waals surface area contributed by atoms with Gasteiger partial charge in [0, 0.05) is 18.6 Å². The highest BCUT2D eigenvalue weighted by atomic mass is 32.2. The maximum atomic E-state index is 15.4. The molecule has 1 aliphatic heterocycles. The predicted molar refractivity (Wildman–Crippen MR) is 173 cm³/mol. The standard InChI is InChI=1S/C35H36N2O2S.CH4O/c1-6-26(2)34(36-40(39)33(3,4)5)30-24-16-17-25-31(30)37(32(34)38)35(27-18-10-7-11-19-27,28-20-12-8-13-21-28)29-22-14-9-15-23-29;1-2/h6-26,36H,1H2,2-5H3;2H,1H3/t26-,34-,40+;/m0./s1. The molecule has 0 aromatic heterocycles. The Morgan fingerprint density at radius 1 is 0.786 bits per heavy atom. The third kappa shape index (κ3) is 5.04. The molecule has 6 heteroatoms. The van der Waals surface area contributed by atoms with Crippen LogP contribution in [-0.4, -0.2) is 27.1 Å². The molecule has 2 N–H and O–H groups in total. The number of carbonyl (C=O) groups is 1. The fourth-order valence-corrected chi connectivity index (χ4v) is 6.75. The molecule has 0 radical (unpaired) electrons. The molecule has 0 aliphatic carbocycles. The van der Waals surface area contributed by atoms with Crippen LogP contribution in [0.5, 0.6) is 0 Å². The van der Waals surface area contributed by atoms with Crippen molar-refractivity contribution in [1.29, 1.82) is 0 Å². The number of rotatable bonds is 8. The van der Waals surface area contributed by atoms with Crippen LogP contribution in [0.4, 0.5) is 5.69 Å². The second kappa shape index (κ2) is 12.6. The summed E-state index contributed by atoms with van der Waals surface area (Å²) in [6.45, 7) is 11.8. The average Bonchev–Trinajstić information content (AvgIpc) is 3.28. The number of aliphatic hydroxyl groups excluding tert-OH is 1. The molecular weight excluding hydrogens is 540 g/mol. The zero-order valence-corrected chi connectivity index (χ0v) is 25.8. The molecular formula is C36H40N2O3S. The van der Waals surface area contributed by atoms with Crippen molar-refractivity contribution >= 4 is 22.6 Å². The maximum Gasteiger partial charge on any atom is 0.254 e. The van der Waals surface area contributed by atoms with Crippen molar-refractivity contribution < 1.29 is 14.1 Å². The number of fused-ring (bicyclic) bond motifs is 1. The van der Waals surface area contributed by atoms with E-state index in [-0.39, 0.29) is 11.8 Å². The van der Waals surface area contributed by atoms with E-state index in [4.69, 9.17) is 5.11 Å². The van der Waals surface area contributed by atoms with E-state index in [1.54, 1.807) is 6.08 Å². The van der Waals surface area contributed by atoms with Crippen LogP contribution in [-0.2, 0) is 26.9 Å². The summed E-state index contributed by atoms with van der Waals surface area (Å²) < 4.78 is 16.5. The van der Waals surface area contributed by atoms with Crippen LogP contribution in [0.25, 0.3) is 0 Å². The van der Waals surface area contributed by atoms with Gasteiger partial charge in [0.15, 0.2) is 0 Å². The van der Waals surface area contributed by atoms with Gasteiger partial charge >= 0.3 is 0 Å². The number of hydrogen-bond acceptors (Lipinski definition) is 3. The Hall–Kier alpha value is -3.84. The molecule has 1 amide bonds. The number of nitrogens with zero attached hydrogens (tertiary/aromatic N) is 1. The lowest BCUT2D eigenvalue weighted by Crippen LogP contribution is -2.61. The number of nitrogens with one attached hydrogen (secondary N) is 1. The van der Waals surface area contributed by atoms with Crippen LogP contribution in [0.2, 0.25) is 0 Å². The molecule has 4 aromatic carbocycles. The number of hydrogen-bond donors (Lipinski definition) is 2. The lowest BCUT2D eigenvalue weighted by molar-refractivity contribution is -0.125. The predicted octanol–water partition coefficient (Wildman–Crippen LogP) is 6.70. The van der Waals surface area contributed by atoms with Crippen molar-refractivity contribution in [3.8, 4) is 0 Å². The summed E-state index contributed by atoms with van der Waals surface area (Å²) in [5.74, 6) is -0.535. The fourth-order valence-electron chi connectivity index (χ4n) is 5.77. The van der Waals surface area contributed by atoms with E-state index >= 15 is 4.79 Å². The molecule has 0 saturated heterocycles. The van der Waals surface area contributed by atoms with Gasteiger partial charge in [-0.3, -0.25) is 9.69 Å².